The lowest BCUT2D eigenvalue weighted by Crippen LogP contribution is -2.19. The van der Waals surface area contributed by atoms with Crippen LogP contribution in [0.15, 0.2) is 33.3 Å². The first-order valence-electron chi connectivity index (χ1n) is 6.18. The minimum absolute atomic E-state index is 0.0105. The highest BCUT2D eigenvalue weighted by molar-refractivity contribution is 6.31. The molecule has 1 aliphatic rings. The normalized spacial score (nSPS) is 13.6. The SMILES string of the molecule is O=C1c2cccc(O)c2C(=O)c2c1oc1c(CO)coc21. The molecule has 0 saturated heterocycles. The zero-order valence-electron chi connectivity index (χ0n) is 10.5. The Kier molecular flexibility index (Phi) is 2.18. The van der Waals surface area contributed by atoms with Gasteiger partial charge in [0.25, 0.3) is 0 Å². The number of hydrogen-bond donors (Lipinski definition) is 2. The number of ketones is 2. The van der Waals surface area contributed by atoms with Gasteiger partial charge in [-0.25, -0.2) is 0 Å². The van der Waals surface area contributed by atoms with Crippen LogP contribution in [0.1, 0.15) is 37.6 Å². The molecule has 0 fully saturated rings. The summed E-state index contributed by atoms with van der Waals surface area (Å²) in [6.07, 6.45) is 1.27. The van der Waals surface area contributed by atoms with E-state index < -0.39 is 11.6 Å². The summed E-state index contributed by atoms with van der Waals surface area (Å²) in [5, 5.41) is 19.1. The highest BCUT2D eigenvalue weighted by Crippen LogP contribution is 2.39. The van der Waals surface area contributed by atoms with Crippen molar-refractivity contribution < 1.29 is 28.6 Å². The van der Waals surface area contributed by atoms with E-state index in [1.54, 1.807) is 0 Å². The molecule has 0 bridgehead atoms. The monoisotopic (exact) mass is 284 g/mol. The second kappa shape index (κ2) is 3.83. The van der Waals surface area contributed by atoms with Crippen molar-refractivity contribution in [3.8, 4) is 5.75 Å². The zero-order valence-corrected chi connectivity index (χ0v) is 10.5. The maximum absolute atomic E-state index is 12.6. The van der Waals surface area contributed by atoms with Crippen LogP contribution in [0, 0.1) is 0 Å². The van der Waals surface area contributed by atoms with Crippen LogP contribution in [-0.4, -0.2) is 21.8 Å². The first kappa shape index (κ1) is 11.9. The average Bonchev–Trinajstić information content (AvgIpc) is 3.03. The Hall–Kier alpha value is -2.86. The fraction of sp³-hybridized carbons (Fsp3) is 0.0667. The molecule has 0 aliphatic heterocycles. The molecule has 1 aliphatic carbocycles. The largest absolute Gasteiger partial charge is 0.507 e. The van der Waals surface area contributed by atoms with E-state index in [1.807, 2.05) is 0 Å². The van der Waals surface area contributed by atoms with Gasteiger partial charge in [-0.15, -0.1) is 0 Å². The first-order valence-corrected chi connectivity index (χ1v) is 6.18. The Bertz CT molecular complexity index is 927. The first-order chi connectivity index (χ1) is 10.1. The van der Waals surface area contributed by atoms with E-state index in [9.17, 15) is 19.8 Å². The van der Waals surface area contributed by atoms with E-state index in [-0.39, 0.29) is 46.0 Å². The fourth-order valence-corrected chi connectivity index (χ4v) is 2.61. The number of phenols is 1. The van der Waals surface area contributed by atoms with Crippen molar-refractivity contribution in [2.75, 3.05) is 0 Å². The highest BCUT2D eigenvalue weighted by Gasteiger charge is 2.38. The van der Waals surface area contributed by atoms with Gasteiger partial charge < -0.3 is 19.0 Å². The smallest absolute Gasteiger partial charge is 0.230 e. The van der Waals surface area contributed by atoms with E-state index >= 15 is 0 Å². The van der Waals surface area contributed by atoms with Gasteiger partial charge in [0, 0.05) is 5.56 Å². The summed E-state index contributed by atoms with van der Waals surface area (Å²) in [5.41, 5.74) is 0.670. The molecule has 6 nitrogen and oxygen atoms in total. The Morgan fingerprint density at radius 1 is 1.05 bits per heavy atom. The molecule has 0 unspecified atom stereocenters. The van der Waals surface area contributed by atoms with Gasteiger partial charge in [-0.05, 0) is 12.1 Å². The van der Waals surface area contributed by atoms with Crippen LogP contribution in [0.4, 0.5) is 0 Å². The number of phenolic OH excluding ortho intramolecular Hbond substituents is 1. The van der Waals surface area contributed by atoms with Crippen LogP contribution in [-0.2, 0) is 6.61 Å². The van der Waals surface area contributed by atoms with Gasteiger partial charge in [0.2, 0.25) is 11.6 Å². The molecule has 0 atom stereocenters. The Morgan fingerprint density at radius 3 is 2.62 bits per heavy atom. The highest BCUT2D eigenvalue weighted by atomic mass is 16.4. The summed E-state index contributed by atoms with van der Waals surface area (Å²) >= 11 is 0. The van der Waals surface area contributed by atoms with Crippen molar-refractivity contribution >= 4 is 22.7 Å². The summed E-state index contributed by atoms with van der Waals surface area (Å²) in [7, 11) is 0. The molecule has 0 amide bonds. The Labute approximate surface area is 117 Å². The third-order valence-corrected chi connectivity index (χ3v) is 3.59. The van der Waals surface area contributed by atoms with E-state index in [0.29, 0.717) is 5.56 Å². The maximum Gasteiger partial charge on any atom is 0.230 e. The second-order valence-electron chi connectivity index (χ2n) is 4.74. The number of aliphatic hydroxyl groups excluding tert-OH is 1. The second-order valence-corrected chi connectivity index (χ2v) is 4.74. The summed E-state index contributed by atoms with van der Waals surface area (Å²) in [6, 6.07) is 4.28. The molecule has 104 valence electrons. The minimum Gasteiger partial charge on any atom is -0.507 e. The molecule has 21 heavy (non-hydrogen) atoms. The average molecular weight is 284 g/mol. The molecule has 0 spiro atoms. The maximum atomic E-state index is 12.6. The predicted molar refractivity (Wildman–Crippen MR) is 69.4 cm³/mol. The molecule has 0 radical (unpaired) electrons. The summed E-state index contributed by atoms with van der Waals surface area (Å²) in [6.45, 7) is -0.333. The van der Waals surface area contributed by atoms with E-state index in [2.05, 4.69) is 0 Å². The number of carbonyl (C=O) groups is 2. The number of fused-ring (bicyclic) bond motifs is 4. The number of aliphatic hydroxyl groups is 1. The molecule has 4 rings (SSSR count). The Balaban J connectivity index is 2.09. The van der Waals surface area contributed by atoms with Crippen LogP contribution >= 0.6 is 0 Å². The number of rotatable bonds is 1. The molecule has 0 saturated carbocycles. The van der Waals surface area contributed by atoms with Crippen molar-refractivity contribution in [1.29, 1.82) is 0 Å². The molecular formula is C15H8O6. The van der Waals surface area contributed by atoms with Crippen LogP contribution in [0.5, 0.6) is 5.75 Å². The third kappa shape index (κ3) is 1.34. The van der Waals surface area contributed by atoms with E-state index in [4.69, 9.17) is 8.83 Å². The lowest BCUT2D eigenvalue weighted by atomic mass is 9.87. The van der Waals surface area contributed by atoms with Gasteiger partial charge in [-0.3, -0.25) is 9.59 Å². The third-order valence-electron chi connectivity index (χ3n) is 3.59. The lowest BCUT2D eigenvalue weighted by Gasteiger charge is -2.13. The topological polar surface area (TPSA) is 101 Å². The van der Waals surface area contributed by atoms with Gasteiger partial charge in [0.1, 0.15) is 17.6 Å². The van der Waals surface area contributed by atoms with E-state index in [0.717, 1.165) is 0 Å². The number of hydrogen-bond acceptors (Lipinski definition) is 6. The van der Waals surface area contributed by atoms with E-state index in [1.165, 1.54) is 24.5 Å². The van der Waals surface area contributed by atoms with Crippen molar-refractivity contribution in [3.63, 3.8) is 0 Å². The van der Waals surface area contributed by atoms with Crippen LogP contribution in [0.3, 0.4) is 0 Å². The molecule has 1 aromatic carbocycles. The Morgan fingerprint density at radius 2 is 1.86 bits per heavy atom. The number of furan rings is 2. The lowest BCUT2D eigenvalue weighted by molar-refractivity contribution is 0.0959. The van der Waals surface area contributed by atoms with Crippen molar-refractivity contribution in [1.82, 2.24) is 0 Å². The van der Waals surface area contributed by atoms with Gasteiger partial charge in [0.05, 0.1) is 17.7 Å². The van der Waals surface area contributed by atoms with Gasteiger partial charge in [0.15, 0.2) is 16.9 Å². The minimum atomic E-state index is -0.532. The van der Waals surface area contributed by atoms with Crippen molar-refractivity contribution in [2.45, 2.75) is 6.61 Å². The predicted octanol–water partition coefficient (Wildman–Crippen LogP) is 2.00. The molecule has 2 N–H and O–H groups in total. The standard InChI is InChI=1S/C15H8O6/c16-4-6-5-20-15-10-12(19)9-7(2-1-3-8(9)17)11(18)14(10)21-13(6)15/h1-3,5,16-17H,4H2. The molecule has 3 aromatic rings. The summed E-state index contributed by atoms with van der Waals surface area (Å²) in [4.78, 5) is 25.0. The van der Waals surface area contributed by atoms with Crippen molar-refractivity contribution in [2.24, 2.45) is 0 Å². The van der Waals surface area contributed by atoms with Gasteiger partial charge >= 0.3 is 0 Å². The van der Waals surface area contributed by atoms with Crippen LogP contribution in [0.2, 0.25) is 0 Å². The zero-order chi connectivity index (χ0) is 14.7. The summed E-state index contributed by atoms with van der Waals surface area (Å²) < 4.78 is 10.7. The van der Waals surface area contributed by atoms with Gasteiger partial charge in [-0.2, -0.15) is 0 Å². The summed E-state index contributed by atoms with van der Waals surface area (Å²) in [5.74, 6) is -1.41. The molecule has 2 heterocycles. The van der Waals surface area contributed by atoms with Crippen LogP contribution < -0.4 is 0 Å². The van der Waals surface area contributed by atoms with Gasteiger partial charge in [-0.1, -0.05) is 6.07 Å². The van der Waals surface area contributed by atoms with Crippen LogP contribution in [0.25, 0.3) is 11.2 Å². The quantitative estimate of drug-likeness (QED) is 0.554. The molecule has 6 heteroatoms. The molecular weight excluding hydrogens is 276 g/mol. The molecule has 2 aromatic heterocycles. The number of benzene rings is 1. The fourth-order valence-electron chi connectivity index (χ4n) is 2.61. The number of aromatic hydroxyl groups is 1. The van der Waals surface area contributed by atoms with Crippen molar-refractivity contribution in [3.05, 3.63) is 52.5 Å². The number of carbonyl (C=O) groups excluding carboxylic acids is 2.